The van der Waals surface area contributed by atoms with E-state index in [1.807, 2.05) is 11.4 Å². The summed E-state index contributed by atoms with van der Waals surface area (Å²) >= 11 is 1.65. The first-order valence-corrected chi connectivity index (χ1v) is 8.63. The minimum absolute atomic E-state index is 0.263. The van der Waals surface area contributed by atoms with E-state index in [9.17, 15) is 4.79 Å². The van der Waals surface area contributed by atoms with Crippen molar-refractivity contribution in [2.45, 2.75) is 31.7 Å². The van der Waals surface area contributed by atoms with Crippen molar-refractivity contribution in [2.24, 2.45) is 0 Å². The minimum atomic E-state index is 0.263. The van der Waals surface area contributed by atoms with Crippen LogP contribution in [0.3, 0.4) is 0 Å². The Balaban J connectivity index is 1.95. The van der Waals surface area contributed by atoms with Crippen molar-refractivity contribution in [3.05, 3.63) is 22.4 Å². The van der Waals surface area contributed by atoms with Crippen LogP contribution < -0.4 is 0 Å². The maximum absolute atomic E-state index is 12.7. The second-order valence-corrected chi connectivity index (χ2v) is 6.56. The SMILES string of the molecule is COCCCN(C(=O)Cc1ccsc1)C1CCN(C)CC1. The zero-order valence-corrected chi connectivity index (χ0v) is 13.9. The molecule has 1 aromatic rings. The number of rotatable bonds is 7. The lowest BCUT2D eigenvalue weighted by atomic mass is 10.0. The molecule has 1 aliphatic rings. The van der Waals surface area contributed by atoms with Crippen LogP contribution >= 0.6 is 11.3 Å². The number of methoxy groups -OCH3 is 1. The van der Waals surface area contributed by atoms with Gasteiger partial charge in [-0.3, -0.25) is 4.79 Å². The van der Waals surface area contributed by atoms with E-state index in [1.54, 1.807) is 18.4 Å². The number of amides is 1. The largest absolute Gasteiger partial charge is 0.385 e. The van der Waals surface area contributed by atoms with Gasteiger partial charge in [-0.1, -0.05) is 0 Å². The molecular weight excluding hydrogens is 284 g/mol. The Morgan fingerprint density at radius 1 is 1.48 bits per heavy atom. The van der Waals surface area contributed by atoms with E-state index in [0.717, 1.165) is 51.1 Å². The molecule has 4 nitrogen and oxygen atoms in total. The average Bonchev–Trinajstić information content (AvgIpc) is 2.98. The summed E-state index contributed by atoms with van der Waals surface area (Å²) in [4.78, 5) is 17.1. The Labute approximate surface area is 131 Å². The van der Waals surface area contributed by atoms with Crippen molar-refractivity contribution in [1.29, 1.82) is 0 Å². The van der Waals surface area contributed by atoms with E-state index >= 15 is 0 Å². The normalized spacial score (nSPS) is 17.0. The summed E-state index contributed by atoms with van der Waals surface area (Å²) < 4.78 is 5.14. The van der Waals surface area contributed by atoms with Gasteiger partial charge >= 0.3 is 0 Å². The van der Waals surface area contributed by atoms with E-state index < -0.39 is 0 Å². The second-order valence-electron chi connectivity index (χ2n) is 5.78. The van der Waals surface area contributed by atoms with Crippen LogP contribution in [0.2, 0.25) is 0 Å². The first-order valence-electron chi connectivity index (χ1n) is 7.68. The number of piperidine rings is 1. The number of likely N-dealkylation sites (tertiary alicyclic amines) is 1. The van der Waals surface area contributed by atoms with Gasteiger partial charge in [-0.05, 0) is 61.8 Å². The van der Waals surface area contributed by atoms with Crippen molar-refractivity contribution < 1.29 is 9.53 Å². The predicted octanol–water partition coefficient (Wildman–Crippen LogP) is 2.25. The maximum atomic E-state index is 12.7. The van der Waals surface area contributed by atoms with Crippen molar-refractivity contribution >= 4 is 17.2 Å². The van der Waals surface area contributed by atoms with Crippen molar-refractivity contribution in [3.8, 4) is 0 Å². The fourth-order valence-electron chi connectivity index (χ4n) is 2.87. The van der Waals surface area contributed by atoms with Crippen molar-refractivity contribution in [1.82, 2.24) is 9.80 Å². The fraction of sp³-hybridized carbons (Fsp3) is 0.688. The first kappa shape index (κ1) is 16.5. The monoisotopic (exact) mass is 310 g/mol. The molecule has 0 saturated carbocycles. The third-order valence-electron chi connectivity index (χ3n) is 4.13. The summed E-state index contributed by atoms with van der Waals surface area (Å²) in [6.07, 6.45) is 3.61. The molecule has 5 heteroatoms. The number of ether oxygens (including phenoxy) is 1. The highest BCUT2D eigenvalue weighted by atomic mass is 32.1. The van der Waals surface area contributed by atoms with Crippen LogP contribution in [0.15, 0.2) is 16.8 Å². The summed E-state index contributed by atoms with van der Waals surface area (Å²) in [6, 6.07) is 2.44. The highest BCUT2D eigenvalue weighted by molar-refractivity contribution is 7.07. The number of hydrogen-bond donors (Lipinski definition) is 0. The summed E-state index contributed by atoms with van der Waals surface area (Å²) in [6.45, 7) is 3.69. The molecule has 21 heavy (non-hydrogen) atoms. The second kappa shape index (κ2) is 8.51. The van der Waals surface area contributed by atoms with Crippen LogP contribution in [0.5, 0.6) is 0 Å². The molecule has 1 aromatic heterocycles. The quantitative estimate of drug-likeness (QED) is 0.724. The van der Waals surface area contributed by atoms with Crippen LogP contribution in [-0.2, 0) is 16.0 Å². The van der Waals surface area contributed by atoms with Gasteiger partial charge in [0.15, 0.2) is 0 Å². The van der Waals surface area contributed by atoms with Gasteiger partial charge in [-0.15, -0.1) is 0 Å². The number of carbonyl (C=O) groups is 1. The van der Waals surface area contributed by atoms with Gasteiger partial charge in [0.1, 0.15) is 0 Å². The third kappa shape index (κ3) is 5.09. The van der Waals surface area contributed by atoms with Gasteiger partial charge in [0.25, 0.3) is 0 Å². The van der Waals surface area contributed by atoms with Crippen LogP contribution in [-0.4, -0.2) is 62.1 Å². The molecule has 0 N–H and O–H groups in total. The first-order chi connectivity index (χ1) is 10.2. The summed E-state index contributed by atoms with van der Waals surface area (Å²) in [5, 5.41) is 4.10. The fourth-order valence-corrected chi connectivity index (χ4v) is 3.53. The highest BCUT2D eigenvalue weighted by Crippen LogP contribution is 2.18. The molecule has 1 amide bonds. The molecule has 118 valence electrons. The van der Waals surface area contributed by atoms with E-state index in [-0.39, 0.29) is 5.91 Å². The predicted molar refractivity (Wildman–Crippen MR) is 86.7 cm³/mol. The molecule has 0 aromatic carbocycles. The number of nitrogens with zero attached hydrogens (tertiary/aromatic N) is 2. The Hall–Kier alpha value is -0.910. The molecule has 0 spiro atoms. The zero-order valence-electron chi connectivity index (χ0n) is 13.1. The van der Waals surface area contributed by atoms with Crippen LogP contribution in [0.1, 0.15) is 24.8 Å². The molecule has 1 saturated heterocycles. The molecule has 0 atom stereocenters. The van der Waals surface area contributed by atoms with Gasteiger partial charge in [-0.2, -0.15) is 11.3 Å². The van der Waals surface area contributed by atoms with Crippen LogP contribution in [0.25, 0.3) is 0 Å². The summed E-state index contributed by atoms with van der Waals surface area (Å²) in [7, 11) is 3.87. The van der Waals surface area contributed by atoms with Crippen LogP contribution in [0.4, 0.5) is 0 Å². The number of hydrogen-bond acceptors (Lipinski definition) is 4. The molecule has 2 rings (SSSR count). The zero-order chi connectivity index (χ0) is 15.1. The van der Waals surface area contributed by atoms with Gasteiger partial charge in [0.05, 0.1) is 6.42 Å². The molecule has 0 unspecified atom stereocenters. The third-order valence-corrected chi connectivity index (χ3v) is 4.86. The Morgan fingerprint density at radius 2 is 2.24 bits per heavy atom. The van der Waals surface area contributed by atoms with Gasteiger partial charge in [-0.25, -0.2) is 0 Å². The lowest BCUT2D eigenvalue weighted by molar-refractivity contribution is -0.134. The van der Waals surface area contributed by atoms with E-state index in [1.165, 1.54) is 0 Å². The minimum Gasteiger partial charge on any atom is -0.385 e. The Kier molecular flexibility index (Phi) is 6.67. The number of thiophene rings is 1. The molecule has 0 radical (unpaired) electrons. The number of carbonyl (C=O) groups excluding carboxylic acids is 1. The highest BCUT2D eigenvalue weighted by Gasteiger charge is 2.26. The van der Waals surface area contributed by atoms with Gasteiger partial charge < -0.3 is 14.5 Å². The Morgan fingerprint density at radius 3 is 2.86 bits per heavy atom. The summed E-state index contributed by atoms with van der Waals surface area (Å²) in [5.41, 5.74) is 1.13. The molecule has 1 aliphatic heterocycles. The van der Waals surface area contributed by atoms with Crippen LogP contribution in [0, 0.1) is 0 Å². The van der Waals surface area contributed by atoms with E-state index in [4.69, 9.17) is 4.74 Å². The molecule has 2 heterocycles. The van der Waals surface area contributed by atoms with Gasteiger partial charge in [0.2, 0.25) is 5.91 Å². The molecule has 1 fully saturated rings. The smallest absolute Gasteiger partial charge is 0.227 e. The molecule has 0 aliphatic carbocycles. The maximum Gasteiger partial charge on any atom is 0.227 e. The topological polar surface area (TPSA) is 32.8 Å². The lowest BCUT2D eigenvalue weighted by Gasteiger charge is -2.37. The van der Waals surface area contributed by atoms with Gasteiger partial charge in [0, 0.05) is 26.3 Å². The molecular formula is C16H26N2O2S. The van der Waals surface area contributed by atoms with E-state index in [2.05, 4.69) is 22.2 Å². The molecule has 0 bridgehead atoms. The standard InChI is InChI=1S/C16H26N2O2S/c1-17-8-4-15(5-9-17)18(7-3-10-20-2)16(19)12-14-6-11-21-13-14/h6,11,13,15H,3-5,7-10,12H2,1-2H3. The Bertz CT molecular complexity index is 414. The lowest BCUT2D eigenvalue weighted by Crippen LogP contribution is -2.47. The summed E-state index contributed by atoms with van der Waals surface area (Å²) in [5.74, 6) is 0.263. The van der Waals surface area contributed by atoms with E-state index in [0.29, 0.717) is 12.5 Å². The average molecular weight is 310 g/mol. The van der Waals surface area contributed by atoms with Crippen molar-refractivity contribution in [3.63, 3.8) is 0 Å². The van der Waals surface area contributed by atoms with Crippen molar-refractivity contribution in [2.75, 3.05) is 40.4 Å².